The third-order valence-electron chi connectivity index (χ3n) is 3.39. The van der Waals surface area contributed by atoms with Crippen LogP contribution in [0, 0.1) is 0 Å². The van der Waals surface area contributed by atoms with Crippen LogP contribution in [0.5, 0.6) is 0 Å². The Hall–Kier alpha value is -1.40. The van der Waals surface area contributed by atoms with Gasteiger partial charge in [0.1, 0.15) is 5.82 Å². The van der Waals surface area contributed by atoms with E-state index in [1.807, 2.05) is 18.0 Å². The van der Waals surface area contributed by atoms with Gasteiger partial charge in [-0.2, -0.15) is 4.98 Å². The van der Waals surface area contributed by atoms with Gasteiger partial charge in [-0.25, -0.2) is 4.98 Å². The molecule has 0 amide bonds. The van der Waals surface area contributed by atoms with Gasteiger partial charge in [0.05, 0.1) is 5.69 Å². The molecule has 0 atom stereocenters. The van der Waals surface area contributed by atoms with Crippen LogP contribution in [0.2, 0.25) is 0 Å². The Kier molecular flexibility index (Phi) is 3.98. The topological polar surface area (TPSA) is 101 Å². The zero-order valence-corrected chi connectivity index (χ0v) is 10.7. The van der Waals surface area contributed by atoms with Gasteiger partial charge in [-0.15, -0.1) is 0 Å². The maximum Gasteiger partial charge on any atom is 0.222 e. The number of hydrogen-bond donors (Lipinski definition) is 3. The van der Waals surface area contributed by atoms with Gasteiger partial charge in [0, 0.05) is 38.2 Å². The maximum atomic E-state index is 8.84. The molecule has 1 aromatic heterocycles. The van der Waals surface area contributed by atoms with Crippen molar-refractivity contribution in [2.75, 3.05) is 30.8 Å². The number of hydrogen-bond acceptors (Lipinski definition) is 6. The van der Waals surface area contributed by atoms with E-state index < -0.39 is 0 Å². The Morgan fingerprint density at radius 3 is 2.78 bits per heavy atom. The van der Waals surface area contributed by atoms with Crippen LogP contribution in [0.4, 0.5) is 11.8 Å². The van der Waals surface area contributed by atoms with Crippen molar-refractivity contribution in [1.29, 1.82) is 0 Å². The summed E-state index contributed by atoms with van der Waals surface area (Å²) in [6.07, 6.45) is 2.65. The van der Waals surface area contributed by atoms with E-state index in [0.717, 1.165) is 30.9 Å². The molecule has 1 aliphatic carbocycles. The molecule has 1 aromatic rings. The Bertz CT molecular complexity index is 405. The summed E-state index contributed by atoms with van der Waals surface area (Å²) in [7, 11) is 1.94. The smallest absolute Gasteiger partial charge is 0.222 e. The standard InChI is InChI=1S/C12H21N5O/c1-17(3-2-4-18)11-7-10(15-12(14)16-11)8-5-9(13)6-8/h7-9,18H,2-6,13H2,1H3,(H2,14,15,16). The van der Waals surface area contributed by atoms with E-state index in [1.165, 1.54) is 0 Å². The number of aliphatic hydroxyl groups is 1. The van der Waals surface area contributed by atoms with E-state index >= 15 is 0 Å². The number of rotatable bonds is 5. The van der Waals surface area contributed by atoms with Crippen LogP contribution in [0.25, 0.3) is 0 Å². The number of aromatic nitrogens is 2. The lowest BCUT2D eigenvalue weighted by molar-refractivity contribution is 0.290. The van der Waals surface area contributed by atoms with Crippen molar-refractivity contribution >= 4 is 11.8 Å². The summed E-state index contributed by atoms with van der Waals surface area (Å²) in [4.78, 5) is 10.5. The Labute approximate surface area is 107 Å². The van der Waals surface area contributed by atoms with Crippen LogP contribution in [0.3, 0.4) is 0 Å². The predicted octanol–water partition coefficient (Wildman–Crippen LogP) is 0.0821. The van der Waals surface area contributed by atoms with E-state index in [9.17, 15) is 0 Å². The zero-order chi connectivity index (χ0) is 13.1. The van der Waals surface area contributed by atoms with Gasteiger partial charge >= 0.3 is 0 Å². The molecule has 0 aromatic carbocycles. The van der Waals surface area contributed by atoms with Crippen molar-refractivity contribution in [3.8, 4) is 0 Å². The van der Waals surface area contributed by atoms with Crippen molar-refractivity contribution in [1.82, 2.24) is 9.97 Å². The lowest BCUT2D eigenvalue weighted by Crippen LogP contribution is -2.35. The largest absolute Gasteiger partial charge is 0.396 e. The molecule has 0 aliphatic heterocycles. The normalized spacial score (nSPS) is 22.6. The van der Waals surface area contributed by atoms with Crippen molar-refractivity contribution < 1.29 is 5.11 Å². The molecule has 0 saturated heterocycles. The summed E-state index contributed by atoms with van der Waals surface area (Å²) in [6, 6.07) is 2.27. The molecule has 2 rings (SSSR count). The first-order chi connectivity index (χ1) is 8.60. The summed E-state index contributed by atoms with van der Waals surface area (Å²) in [5, 5.41) is 8.84. The summed E-state index contributed by atoms with van der Waals surface area (Å²) in [5.74, 6) is 1.53. The molecule has 1 heterocycles. The molecule has 0 spiro atoms. The van der Waals surface area contributed by atoms with Gasteiger partial charge in [0.15, 0.2) is 0 Å². The molecular formula is C12H21N5O. The summed E-state index contributed by atoms with van der Waals surface area (Å²) in [6.45, 7) is 0.922. The maximum absolute atomic E-state index is 8.84. The lowest BCUT2D eigenvalue weighted by Gasteiger charge is -2.32. The van der Waals surface area contributed by atoms with Gasteiger partial charge in [-0.05, 0) is 19.3 Å². The first-order valence-electron chi connectivity index (χ1n) is 6.32. The SMILES string of the molecule is CN(CCCO)c1cc(C2CC(N)C2)nc(N)n1. The van der Waals surface area contributed by atoms with Crippen LogP contribution >= 0.6 is 0 Å². The van der Waals surface area contributed by atoms with Crippen LogP contribution in [-0.2, 0) is 0 Å². The number of anilines is 2. The van der Waals surface area contributed by atoms with Crippen LogP contribution < -0.4 is 16.4 Å². The minimum absolute atomic E-state index is 0.176. The third-order valence-corrected chi connectivity index (χ3v) is 3.39. The second-order valence-corrected chi connectivity index (χ2v) is 4.94. The zero-order valence-electron chi connectivity index (χ0n) is 10.7. The molecule has 0 unspecified atom stereocenters. The molecule has 6 heteroatoms. The minimum Gasteiger partial charge on any atom is -0.396 e. The number of nitrogens with zero attached hydrogens (tertiary/aromatic N) is 3. The Morgan fingerprint density at radius 2 is 2.17 bits per heavy atom. The molecule has 1 aliphatic rings. The fourth-order valence-corrected chi connectivity index (χ4v) is 2.20. The average molecular weight is 251 g/mol. The highest BCUT2D eigenvalue weighted by atomic mass is 16.3. The summed E-state index contributed by atoms with van der Waals surface area (Å²) < 4.78 is 0. The highest BCUT2D eigenvalue weighted by Gasteiger charge is 2.29. The number of nitrogen functional groups attached to an aromatic ring is 1. The Morgan fingerprint density at radius 1 is 1.44 bits per heavy atom. The monoisotopic (exact) mass is 251 g/mol. The Balaban J connectivity index is 2.10. The van der Waals surface area contributed by atoms with E-state index in [0.29, 0.717) is 24.3 Å². The quantitative estimate of drug-likeness (QED) is 0.685. The van der Waals surface area contributed by atoms with Gasteiger partial charge in [0.25, 0.3) is 0 Å². The van der Waals surface area contributed by atoms with Crippen LogP contribution in [0.15, 0.2) is 6.07 Å². The molecule has 5 N–H and O–H groups in total. The van der Waals surface area contributed by atoms with E-state index in [1.54, 1.807) is 0 Å². The highest BCUT2D eigenvalue weighted by molar-refractivity contribution is 5.44. The van der Waals surface area contributed by atoms with Gasteiger partial charge < -0.3 is 21.5 Å². The first kappa shape index (κ1) is 13.0. The fourth-order valence-electron chi connectivity index (χ4n) is 2.20. The molecule has 1 fully saturated rings. The molecule has 0 radical (unpaired) electrons. The third kappa shape index (κ3) is 2.88. The van der Waals surface area contributed by atoms with Gasteiger partial charge in [-0.3, -0.25) is 0 Å². The summed E-state index contributed by atoms with van der Waals surface area (Å²) >= 11 is 0. The van der Waals surface area contributed by atoms with Crippen molar-refractivity contribution in [3.05, 3.63) is 11.8 Å². The molecule has 0 bridgehead atoms. The second kappa shape index (κ2) is 5.49. The van der Waals surface area contributed by atoms with E-state index in [-0.39, 0.29) is 6.61 Å². The molecule has 18 heavy (non-hydrogen) atoms. The highest BCUT2D eigenvalue weighted by Crippen LogP contribution is 2.35. The molecule has 6 nitrogen and oxygen atoms in total. The minimum atomic E-state index is 0.176. The van der Waals surface area contributed by atoms with Crippen molar-refractivity contribution in [2.45, 2.75) is 31.2 Å². The molecular weight excluding hydrogens is 230 g/mol. The molecule has 1 saturated carbocycles. The van der Waals surface area contributed by atoms with Gasteiger partial charge in [-0.1, -0.05) is 0 Å². The van der Waals surface area contributed by atoms with Crippen molar-refractivity contribution in [2.24, 2.45) is 5.73 Å². The van der Waals surface area contributed by atoms with Crippen molar-refractivity contribution in [3.63, 3.8) is 0 Å². The van der Waals surface area contributed by atoms with Gasteiger partial charge in [0.2, 0.25) is 5.95 Å². The molecule has 100 valence electrons. The van der Waals surface area contributed by atoms with Crippen LogP contribution in [0.1, 0.15) is 30.9 Å². The second-order valence-electron chi connectivity index (χ2n) is 4.94. The average Bonchev–Trinajstić information content (AvgIpc) is 2.31. The number of nitrogens with two attached hydrogens (primary N) is 2. The lowest BCUT2D eigenvalue weighted by atomic mass is 9.78. The predicted molar refractivity (Wildman–Crippen MR) is 71.4 cm³/mol. The fraction of sp³-hybridized carbons (Fsp3) is 0.667. The summed E-state index contributed by atoms with van der Waals surface area (Å²) in [5.41, 5.74) is 12.5. The first-order valence-corrected chi connectivity index (χ1v) is 6.32. The van der Waals surface area contributed by atoms with Crippen LogP contribution in [-0.4, -0.2) is 41.3 Å². The van der Waals surface area contributed by atoms with E-state index in [4.69, 9.17) is 16.6 Å². The number of aliphatic hydroxyl groups excluding tert-OH is 1. The van der Waals surface area contributed by atoms with E-state index in [2.05, 4.69) is 9.97 Å².